The topological polar surface area (TPSA) is 79.3 Å². The smallest absolute Gasteiger partial charge is 0.244 e. The summed E-state index contributed by atoms with van der Waals surface area (Å²) in [5.74, 6) is 0.547. The monoisotopic (exact) mass is 396 g/mol. The Balaban J connectivity index is 2.29. The lowest BCUT2D eigenvalue weighted by Gasteiger charge is -2.38. The predicted octanol–water partition coefficient (Wildman–Crippen LogP) is 2.72. The molecule has 0 bridgehead atoms. The van der Waals surface area contributed by atoms with E-state index in [4.69, 9.17) is 11.6 Å². The van der Waals surface area contributed by atoms with Gasteiger partial charge in [0.15, 0.2) is 0 Å². The molecule has 1 aromatic rings. The second-order valence-corrected chi connectivity index (χ2v) is 8.59. The lowest BCUT2D eigenvalue weighted by Crippen LogP contribution is -2.53. The first-order valence-corrected chi connectivity index (χ1v) is 9.39. The summed E-state index contributed by atoms with van der Waals surface area (Å²) in [5.41, 5.74) is -0.809. The summed E-state index contributed by atoms with van der Waals surface area (Å²) in [6, 6.07) is 1.41. The summed E-state index contributed by atoms with van der Waals surface area (Å²) >= 11 is 9.09. The lowest BCUT2D eigenvalue weighted by atomic mass is 9.78. The number of hydrogen-bond donors (Lipinski definition) is 2. The number of sulfonamides is 1. The van der Waals surface area contributed by atoms with Crippen LogP contribution < -0.4 is 4.72 Å². The molecular weight excluding hydrogens is 380 g/mol. The molecule has 1 saturated carbocycles. The molecule has 1 aliphatic carbocycles. The number of nitrogens with one attached hydrogen (secondary N) is 1. The Hall–Kier alpha value is -0.210. The Bertz CT molecular complexity index is 616. The van der Waals surface area contributed by atoms with E-state index in [1.165, 1.54) is 12.3 Å². The Kier molecular flexibility index (Phi) is 5.31. The van der Waals surface area contributed by atoms with Gasteiger partial charge in [-0.2, -0.15) is 0 Å². The van der Waals surface area contributed by atoms with Crippen molar-refractivity contribution in [2.45, 2.75) is 43.0 Å². The average molecular weight is 398 g/mol. The molecule has 118 valence electrons. The van der Waals surface area contributed by atoms with Crippen molar-refractivity contribution in [2.75, 3.05) is 6.61 Å². The van der Waals surface area contributed by atoms with Gasteiger partial charge < -0.3 is 5.11 Å². The minimum absolute atomic E-state index is 0.0787. The molecule has 2 rings (SSSR count). The highest BCUT2D eigenvalue weighted by molar-refractivity contribution is 9.10. The fourth-order valence-electron chi connectivity index (χ4n) is 2.54. The second-order valence-electron chi connectivity index (χ2n) is 5.67. The first kappa shape index (κ1) is 17.1. The number of aliphatic hydroxyl groups is 1. The molecule has 0 amide bonds. The Labute approximate surface area is 138 Å². The maximum atomic E-state index is 12.6. The number of rotatable bonds is 4. The van der Waals surface area contributed by atoms with Gasteiger partial charge in [-0.05, 0) is 53.6 Å². The third-order valence-corrected chi connectivity index (χ3v) is 6.39. The maximum Gasteiger partial charge on any atom is 0.244 e. The third kappa shape index (κ3) is 3.96. The van der Waals surface area contributed by atoms with Crippen LogP contribution in [0.3, 0.4) is 0 Å². The molecule has 0 radical (unpaired) electrons. The van der Waals surface area contributed by atoms with Gasteiger partial charge in [0, 0.05) is 10.7 Å². The predicted molar refractivity (Wildman–Crippen MR) is 84.7 cm³/mol. The average Bonchev–Trinajstić information content (AvgIpc) is 2.44. The lowest BCUT2D eigenvalue weighted by molar-refractivity contribution is 0.125. The van der Waals surface area contributed by atoms with Crippen molar-refractivity contribution in [3.05, 3.63) is 21.9 Å². The maximum absolute atomic E-state index is 12.6. The van der Waals surface area contributed by atoms with Crippen LogP contribution in [0.25, 0.3) is 0 Å². The number of halogens is 2. The molecule has 0 spiro atoms. The van der Waals surface area contributed by atoms with E-state index in [9.17, 15) is 13.5 Å². The van der Waals surface area contributed by atoms with Crippen LogP contribution in [0.15, 0.2) is 21.6 Å². The standard InChI is InChI=1S/C13H18BrClN2O3S/c1-9-2-4-13(8-18,5-3-9)17-21(19,20)11-6-10(14)7-16-12(11)15/h6-7,9,17-18H,2-5,8H2,1H3. The fraction of sp³-hybridized carbons (Fsp3) is 0.615. The minimum Gasteiger partial charge on any atom is -0.394 e. The number of aliphatic hydroxyl groups excluding tert-OH is 1. The Morgan fingerprint density at radius 3 is 2.71 bits per heavy atom. The van der Waals surface area contributed by atoms with E-state index in [2.05, 4.69) is 32.6 Å². The van der Waals surface area contributed by atoms with Gasteiger partial charge in [-0.25, -0.2) is 18.1 Å². The highest BCUT2D eigenvalue weighted by Crippen LogP contribution is 2.33. The molecule has 0 aromatic carbocycles. The minimum atomic E-state index is -3.84. The zero-order valence-corrected chi connectivity index (χ0v) is 14.8. The molecule has 0 saturated heterocycles. The Morgan fingerprint density at radius 1 is 1.52 bits per heavy atom. The van der Waals surface area contributed by atoms with Gasteiger partial charge >= 0.3 is 0 Å². The van der Waals surface area contributed by atoms with Crippen molar-refractivity contribution in [3.63, 3.8) is 0 Å². The summed E-state index contributed by atoms with van der Waals surface area (Å²) in [6.07, 6.45) is 4.43. The molecule has 8 heteroatoms. The van der Waals surface area contributed by atoms with Crippen LogP contribution in [-0.2, 0) is 10.0 Å². The van der Waals surface area contributed by atoms with Crippen molar-refractivity contribution in [1.82, 2.24) is 9.71 Å². The van der Waals surface area contributed by atoms with Crippen molar-refractivity contribution < 1.29 is 13.5 Å². The summed E-state index contributed by atoms with van der Waals surface area (Å²) in [5, 5.41) is 9.60. The van der Waals surface area contributed by atoms with Gasteiger partial charge in [0.2, 0.25) is 10.0 Å². The number of pyridine rings is 1. The van der Waals surface area contributed by atoms with Crippen molar-refractivity contribution in [1.29, 1.82) is 0 Å². The molecule has 5 nitrogen and oxygen atoms in total. The van der Waals surface area contributed by atoms with Crippen LogP contribution in [0.4, 0.5) is 0 Å². The van der Waals surface area contributed by atoms with Gasteiger partial charge in [0.05, 0.1) is 12.1 Å². The van der Waals surface area contributed by atoms with Gasteiger partial charge in [-0.1, -0.05) is 18.5 Å². The van der Waals surface area contributed by atoms with E-state index in [-0.39, 0.29) is 16.7 Å². The molecule has 0 unspecified atom stereocenters. The summed E-state index contributed by atoms with van der Waals surface area (Å²) in [4.78, 5) is 3.76. The zero-order chi connectivity index (χ0) is 15.7. The molecule has 0 atom stereocenters. The number of hydrogen-bond acceptors (Lipinski definition) is 4. The summed E-state index contributed by atoms with van der Waals surface area (Å²) < 4.78 is 28.3. The van der Waals surface area contributed by atoms with E-state index in [0.29, 0.717) is 23.2 Å². The third-order valence-electron chi connectivity index (χ3n) is 3.95. The van der Waals surface area contributed by atoms with Crippen LogP contribution in [-0.4, -0.2) is 30.7 Å². The Morgan fingerprint density at radius 2 is 2.14 bits per heavy atom. The largest absolute Gasteiger partial charge is 0.394 e. The molecule has 0 aliphatic heterocycles. The number of nitrogens with zero attached hydrogens (tertiary/aromatic N) is 1. The zero-order valence-electron chi connectivity index (χ0n) is 11.6. The fourth-order valence-corrected chi connectivity index (χ4v) is 4.94. The van der Waals surface area contributed by atoms with E-state index < -0.39 is 15.6 Å². The molecule has 21 heavy (non-hydrogen) atoms. The van der Waals surface area contributed by atoms with Crippen LogP contribution in [0.2, 0.25) is 5.15 Å². The summed E-state index contributed by atoms with van der Waals surface area (Å²) in [7, 11) is -3.84. The molecule has 1 fully saturated rings. The quantitative estimate of drug-likeness (QED) is 0.766. The molecule has 1 aliphatic rings. The van der Waals surface area contributed by atoms with Crippen molar-refractivity contribution in [3.8, 4) is 0 Å². The highest BCUT2D eigenvalue weighted by atomic mass is 79.9. The number of aromatic nitrogens is 1. The van der Waals surface area contributed by atoms with Gasteiger partial charge in [-0.3, -0.25) is 0 Å². The summed E-state index contributed by atoms with van der Waals surface area (Å²) in [6.45, 7) is 1.91. The van der Waals surface area contributed by atoms with E-state index in [0.717, 1.165) is 12.8 Å². The second kappa shape index (κ2) is 6.50. The first-order chi connectivity index (χ1) is 9.78. The SMILES string of the molecule is CC1CCC(CO)(NS(=O)(=O)c2cc(Br)cnc2Cl)CC1. The van der Waals surface area contributed by atoms with Crippen LogP contribution >= 0.6 is 27.5 Å². The van der Waals surface area contributed by atoms with E-state index in [1.807, 2.05) is 0 Å². The van der Waals surface area contributed by atoms with Crippen LogP contribution in [0.5, 0.6) is 0 Å². The van der Waals surface area contributed by atoms with Crippen molar-refractivity contribution in [2.24, 2.45) is 5.92 Å². The van der Waals surface area contributed by atoms with Crippen molar-refractivity contribution >= 4 is 37.6 Å². The van der Waals surface area contributed by atoms with Crippen LogP contribution in [0, 0.1) is 5.92 Å². The van der Waals surface area contributed by atoms with E-state index in [1.54, 1.807) is 0 Å². The van der Waals surface area contributed by atoms with Gasteiger partial charge in [0.1, 0.15) is 10.0 Å². The molecule has 1 aromatic heterocycles. The first-order valence-electron chi connectivity index (χ1n) is 6.74. The highest BCUT2D eigenvalue weighted by Gasteiger charge is 2.38. The van der Waals surface area contributed by atoms with Crippen LogP contribution in [0.1, 0.15) is 32.6 Å². The van der Waals surface area contributed by atoms with E-state index >= 15 is 0 Å². The molecule has 2 N–H and O–H groups in total. The normalized spacial score (nSPS) is 26.8. The van der Waals surface area contributed by atoms with Gasteiger partial charge in [0.25, 0.3) is 0 Å². The molecular formula is C13H18BrClN2O3S. The van der Waals surface area contributed by atoms with Gasteiger partial charge in [-0.15, -0.1) is 0 Å². The molecule has 1 heterocycles.